The van der Waals surface area contributed by atoms with Crippen LogP contribution in [0.1, 0.15) is 37.3 Å². The van der Waals surface area contributed by atoms with Gasteiger partial charge in [-0.05, 0) is 23.3 Å². The molecule has 0 amide bonds. The molecule has 0 radical (unpaired) electrons. The maximum atomic E-state index is 12.8. The maximum Gasteiger partial charge on any atom is 0.167 e. The summed E-state index contributed by atoms with van der Waals surface area (Å²) >= 11 is 1.72. The first-order chi connectivity index (χ1) is 14.3. The average molecular weight is 415 g/mol. The molecule has 0 aliphatic carbocycles. The van der Waals surface area contributed by atoms with E-state index in [4.69, 9.17) is 14.2 Å². The molecule has 3 rings (SSSR count). The lowest BCUT2D eigenvalue weighted by Gasteiger charge is -2.35. The van der Waals surface area contributed by atoms with E-state index in [2.05, 4.69) is 6.92 Å². The summed E-state index contributed by atoms with van der Waals surface area (Å²) in [6.07, 6.45) is 1.68. The predicted octanol–water partition coefficient (Wildman–Crippen LogP) is 5.01. The van der Waals surface area contributed by atoms with Crippen molar-refractivity contribution in [2.45, 2.75) is 57.0 Å². The molecule has 0 N–H and O–H groups in total. The second-order valence-electron chi connectivity index (χ2n) is 7.22. The first kappa shape index (κ1) is 22.0. The van der Waals surface area contributed by atoms with Crippen LogP contribution >= 0.6 is 11.8 Å². The molecule has 1 saturated heterocycles. The third kappa shape index (κ3) is 7.27. The van der Waals surface area contributed by atoms with E-state index in [0.717, 1.165) is 29.7 Å². The van der Waals surface area contributed by atoms with Crippen LogP contribution in [0.25, 0.3) is 0 Å². The summed E-state index contributed by atoms with van der Waals surface area (Å²) in [6.45, 7) is 3.39. The fourth-order valence-electron chi connectivity index (χ4n) is 3.21. The van der Waals surface area contributed by atoms with E-state index in [1.54, 1.807) is 11.8 Å². The number of ether oxygens (including phenoxy) is 3. The van der Waals surface area contributed by atoms with Crippen LogP contribution in [-0.2, 0) is 32.2 Å². The molecule has 0 unspecified atom stereocenters. The molecule has 156 valence electrons. The zero-order valence-electron chi connectivity index (χ0n) is 17.0. The van der Waals surface area contributed by atoms with Gasteiger partial charge in [-0.3, -0.25) is 4.79 Å². The summed E-state index contributed by atoms with van der Waals surface area (Å²) in [6, 6.07) is 19.9. The van der Waals surface area contributed by atoms with Gasteiger partial charge in [0.15, 0.2) is 5.78 Å². The number of hydrogen-bond acceptors (Lipinski definition) is 5. The van der Waals surface area contributed by atoms with E-state index in [-0.39, 0.29) is 17.3 Å². The van der Waals surface area contributed by atoms with Crippen molar-refractivity contribution in [2.24, 2.45) is 0 Å². The maximum absolute atomic E-state index is 12.8. The summed E-state index contributed by atoms with van der Waals surface area (Å²) in [5.74, 6) is 1.11. The van der Waals surface area contributed by atoms with Crippen LogP contribution in [0.4, 0.5) is 0 Å². The van der Waals surface area contributed by atoms with E-state index < -0.39 is 6.10 Å². The first-order valence-electron chi connectivity index (χ1n) is 10.3. The Morgan fingerprint density at radius 2 is 1.66 bits per heavy atom. The van der Waals surface area contributed by atoms with Gasteiger partial charge in [0.05, 0.1) is 19.8 Å². The van der Waals surface area contributed by atoms with Gasteiger partial charge in [0, 0.05) is 6.42 Å². The number of carbonyl (C=O) groups excluding carboxylic acids is 1. The smallest absolute Gasteiger partial charge is 0.167 e. The summed E-state index contributed by atoms with van der Waals surface area (Å²) in [5, 5.41) is 0. The lowest BCUT2D eigenvalue weighted by atomic mass is 10.0. The van der Waals surface area contributed by atoms with Crippen molar-refractivity contribution in [3.05, 3.63) is 71.8 Å². The molecular formula is C24H30O4S. The largest absolute Gasteiger partial charge is 0.374 e. The van der Waals surface area contributed by atoms with Crippen molar-refractivity contribution >= 4 is 17.5 Å². The lowest BCUT2D eigenvalue weighted by molar-refractivity contribution is -0.168. The molecule has 2 aromatic carbocycles. The van der Waals surface area contributed by atoms with E-state index in [9.17, 15) is 4.79 Å². The van der Waals surface area contributed by atoms with Gasteiger partial charge in [0.1, 0.15) is 17.6 Å². The Balaban J connectivity index is 1.58. The van der Waals surface area contributed by atoms with Crippen LogP contribution in [0.5, 0.6) is 0 Å². The van der Waals surface area contributed by atoms with Crippen LogP contribution < -0.4 is 0 Å². The minimum Gasteiger partial charge on any atom is -0.374 e. The van der Waals surface area contributed by atoms with Crippen molar-refractivity contribution < 1.29 is 19.0 Å². The van der Waals surface area contributed by atoms with Gasteiger partial charge in [-0.25, -0.2) is 0 Å². The van der Waals surface area contributed by atoms with E-state index in [1.165, 1.54) is 0 Å². The second-order valence-corrected chi connectivity index (χ2v) is 8.48. The molecule has 3 atom stereocenters. The number of thioether (sulfide) groups is 1. The van der Waals surface area contributed by atoms with Crippen LogP contribution in [0.15, 0.2) is 60.7 Å². The topological polar surface area (TPSA) is 44.8 Å². The molecule has 0 saturated carbocycles. The van der Waals surface area contributed by atoms with Gasteiger partial charge in [0.25, 0.3) is 0 Å². The third-order valence-corrected chi connectivity index (χ3v) is 5.99. The quantitative estimate of drug-likeness (QED) is 0.484. The third-order valence-electron chi connectivity index (χ3n) is 4.82. The predicted molar refractivity (Wildman–Crippen MR) is 117 cm³/mol. The van der Waals surface area contributed by atoms with Crippen LogP contribution in [-0.4, -0.2) is 35.8 Å². The molecular weight excluding hydrogens is 384 g/mol. The lowest BCUT2D eigenvalue weighted by Crippen LogP contribution is -2.48. The molecule has 2 aromatic rings. The summed E-state index contributed by atoms with van der Waals surface area (Å²) in [5.41, 5.74) is 2.03. The van der Waals surface area contributed by atoms with E-state index in [0.29, 0.717) is 26.2 Å². The van der Waals surface area contributed by atoms with Gasteiger partial charge < -0.3 is 14.2 Å². The molecule has 0 spiro atoms. The molecule has 1 fully saturated rings. The number of benzene rings is 2. The van der Waals surface area contributed by atoms with E-state index in [1.807, 2.05) is 60.7 Å². The molecule has 1 heterocycles. The molecule has 4 nitrogen and oxygen atoms in total. The number of ketones is 1. The van der Waals surface area contributed by atoms with Gasteiger partial charge in [-0.15, -0.1) is 11.8 Å². The Hall–Kier alpha value is -1.66. The van der Waals surface area contributed by atoms with Crippen molar-refractivity contribution in [2.75, 3.05) is 12.4 Å². The Kier molecular flexibility index (Phi) is 9.22. The van der Waals surface area contributed by atoms with Gasteiger partial charge in [0.2, 0.25) is 0 Å². The number of unbranched alkanes of at least 4 members (excludes halogenated alkanes) is 1. The number of carbonyl (C=O) groups is 1. The Morgan fingerprint density at radius 3 is 2.31 bits per heavy atom. The van der Waals surface area contributed by atoms with Crippen LogP contribution in [0.2, 0.25) is 0 Å². The highest BCUT2D eigenvalue weighted by atomic mass is 32.2. The Morgan fingerprint density at radius 1 is 1.00 bits per heavy atom. The van der Waals surface area contributed by atoms with Crippen molar-refractivity contribution in [3.63, 3.8) is 0 Å². The monoisotopic (exact) mass is 414 g/mol. The minimum atomic E-state index is -0.589. The highest BCUT2D eigenvalue weighted by Gasteiger charge is 2.38. The summed E-state index contributed by atoms with van der Waals surface area (Å²) < 4.78 is 18.1. The highest BCUT2D eigenvalue weighted by molar-refractivity contribution is 7.99. The SMILES string of the molecule is CCCCS[C@@H]1CC(=O)[C@H](OCc2ccccc2)[C@@H](COCc2ccccc2)O1. The number of hydrogen-bond donors (Lipinski definition) is 0. The first-order valence-corrected chi connectivity index (χ1v) is 11.4. The fraction of sp³-hybridized carbons (Fsp3) is 0.458. The molecule has 1 aliphatic heterocycles. The standard InChI is InChI=1S/C24H30O4S/c1-2-3-14-29-23-15-21(25)24(27-17-20-12-8-5-9-13-20)22(28-23)18-26-16-19-10-6-4-7-11-19/h4-13,22-24H,2-3,14-18H2,1H3/t22-,23-,24+/m1/s1. The van der Waals surface area contributed by atoms with Gasteiger partial charge >= 0.3 is 0 Å². The average Bonchev–Trinajstić information content (AvgIpc) is 2.75. The molecule has 0 aromatic heterocycles. The van der Waals surface area contributed by atoms with Crippen molar-refractivity contribution in [1.82, 2.24) is 0 Å². The number of Topliss-reactive ketones (excluding diaryl/α,β-unsaturated/α-hetero) is 1. The van der Waals surface area contributed by atoms with Crippen molar-refractivity contribution in [3.8, 4) is 0 Å². The van der Waals surface area contributed by atoms with Crippen LogP contribution in [0.3, 0.4) is 0 Å². The van der Waals surface area contributed by atoms with E-state index >= 15 is 0 Å². The normalized spacial score (nSPS) is 22.0. The molecule has 0 bridgehead atoms. The molecule has 1 aliphatic rings. The van der Waals surface area contributed by atoms with Gasteiger partial charge in [-0.2, -0.15) is 0 Å². The Bertz CT molecular complexity index is 722. The summed E-state index contributed by atoms with van der Waals surface area (Å²) in [7, 11) is 0. The van der Waals surface area contributed by atoms with Crippen molar-refractivity contribution in [1.29, 1.82) is 0 Å². The minimum absolute atomic E-state index is 0.106. The zero-order valence-corrected chi connectivity index (χ0v) is 17.8. The summed E-state index contributed by atoms with van der Waals surface area (Å²) in [4.78, 5) is 12.8. The Labute approximate surface area is 177 Å². The molecule has 5 heteroatoms. The second kappa shape index (κ2) is 12.1. The van der Waals surface area contributed by atoms with Gasteiger partial charge in [-0.1, -0.05) is 74.0 Å². The van der Waals surface area contributed by atoms with Crippen LogP contribution in [0, 0.1) is 0 Å². The fourth-order valence-corrected chi connectivity index (χ4v) is 4.44. The highest BCUT2D eigenvalue weighted by Crippen LogP contribution is 2.28. The molecule has 29 heavy (non-hydrogen) atoms. The zero-order chi connectivity index (χ0) is 20.3. The number of rotatable bonds is 11.